The van der Waals surface area contributed by atoms with E-state index < -0.39 is 5.60 Å². The van der Waals surface area contributed by atoms with Gasteiger partial charge in [-0.25, -0.2) is 4.79 Å². The number of piperidine rings is 1. The summed E-state index contributed by atoms with van der Waals surface area (Å²) in [5.41, 5.74) is 1.90. The lowest BCUT2D eigenvalue weighted by molar-refractivity contribution is -0.139. The molecule has 5 heteroatoms. The Morgan fingerprint density at radius 3 is 2.81 bits per heavy atom. The van der Waals surface area contributed by atoms with Gasteiger partial charge in [0.15, 0.2) is 5.60 Å². The van der Waals surface area contributed by atoms with Crippen LogP contribution in [0.25, 0.3) is 10.9 Å². The predicted octanol–water partition coefficient (Wildman–Crippen LogP) is 3.33. The van der Waals surface area contributed by atoms with E-state index in [0.717, 1.165) is 29.3 Å². The van der Waals surface area contributed by atoms with Crippen LogP contribution in [0, 0.1) is 0 Å². The first-order valence-electron chi connectivity index (χ1n) is 9.31. The lowest BCUT2D eigenvalue weighted by Gasteiger charge is -2.39. The number of nitrogens with zero attached hydrogens (tertiary/aromatic N) is 2. The molecule has 2 aliphatic heterocycles. The second-order valence-electron chi connectivity index (χ2n) is 7.35. The number of ether oxygens (including phenoxy) is 1. The SMILES string of the molecule is O=C1O[C@@]2(CCCN(C(=O)Cn3ccc4ccccc43)C2)c2ccccc21. The molecule has 3 heterocycles. The molecule has 0 unspecified atom stereocenters. The van der Waals surface area contributed by atoms with Crippen LogP contribution in [0.5, 0.6) is 0 Å². The normalized spacial score (nSPS) is 21.5. The lowest BCUT2D eigenvalue weighted by Crippen LogP contribution is -2.49. The fourth-order valence-electron chi connectivity index (χ4n) is 4.41. The summed E-state index contributed by atoms with van der Waals surface area (Å²) in [7, 11) is 0. The van der Waals surface area contributed by atoms with Crippen molar-refractivity contribution in [1.29, 1.82) is 0 Å². The number of benzene rings is 2. The molecular formula is C22H20N2O3. The number of carbonyl (C=O) groups is 2. The fraction of sp³-hybridized carbons (Fsp3) is 0.273. The summed E-state index contributed by atoms with van der Waals surface area (Å²) in [4.78, 5) is 27.1. The minimum absolute atomic E-state index is 0.0517. The van der Waals surface area contributed by atoms with Crippen LogP contribution in [-0.4, -0.2) is 34.4 Å². The number of carbonyl (C=O) groups excluding carboxylic acids is 2. The van der Waals surface area contributed by atoms with Gasteiger partial charge in [0.2, 0.25) is 5.91 Å². The summed E-state index contributed by atoms with van der Waals surface area (Å²) in [6, 6.07) is 17.6. The maximum absolute atomic E-state index is 13.0. The molecule has 1 saturated heterocycles. The predicted molar refractivity (Wildman–Crippen MR) is 101 cm³/mol. The van der Waals surface area contributed by atoms with Gasteiger partial charge in [-0.05, 0) is 36.4 Å². The van der Waals surface area contributed by atoms with Gasteiger partial charge in [-0.2, -0.15) is 0 Å². The Hall–Kier alpha value is -3.08. The molecule has 27 heavy (non-hydrogen) atoms. The molecule has 0 saturated carbocycles. The highest BCUT2D eigenvalue weighted by Gasteiger charge is 2.48. The number of esters is 1. The second kappa shape index (κ2) is 5.98. The topological polar surface area (TPSA) is 51.5 Å². The Balaban J connectivity index is 1.40. The number of amides is 1. The van der Waals surface area contributed by atoms with Gasteiger partial charge in [-0.15, -0.1) is 0 Å². The third-order valence-electron chi connectivity index (χ3n) is 5.72. The first kappa shape index (κ1) is 16.1. The largest absolute Gasteiger partial charge is 0.449 e. The average Bonchev–Trinajstić information content (AvgIpc) is 3.22. The molecule has 1 aromatic heterocycles. The smallest absolute Gasteiger partial charge is 0.339 e. The molecule has 2 aliphatic rings. The highest BCUT2D eigenvalue weighted by Crippen LogP contribution is 2.42. The Bertz CT molecular complexity index is 1050. The monoisotopic (exact) mass is 360 g/mol. The third-order valence-corrected chi connectivity index (χ3v) is 5.72. The van der Waals surface area contributed by atoms with E-state index in [1.165, 1.54) is 0 Å². The molecule has 0 N–H and O–H groups in total. The van der Waals surface area contributed by atoms with E-state index >= 15 is 0 Å². The Morgan fingerprint density at radius 1 is 1.07 bits per heavy atom. The number of para-hydroxylation sites is 1. The van der Waals surface area contributed by atoms with Crippen molar-refractivity contribution in [3.05, 3.63) is 71.9 Å². The van der Waals surface area contributed by atoms with Crippen molar-refractivity contribution in [3.8, 4) is 0 Å². The Kier molecular flexibility index (Phi) is 3.57. The first-order chi connectivity index (χ1) is 13.2. The van der Waals surface area contributed by atoms with Crippen LogP contribution in [-0.2, 0) is 21.7 Å². The zero-order chi connectivity index (χ0) is 18.4. The van der Waals surface area contributed by atoms with Crippen molar-refractivity contribution in [3.63, 3.8) is 0 Å². The van der Waals surface area contributed by atoms with Gasteiger partial charge >= 0.3 is 5.97 Å². The highest BCUT2D eigenvalue weighted by molar-refractivity contribution is 5.95. The number of aromatic nitrogens is 1. The van der Waals surface area contributed by atoms with Crippen LogP contribution < -0.4 is 0 Å². The van der Waals surface area contributed by atoms with E-state index in [2.05, 4.69) is 0 Å². The molecule has 1 amide bonds. The van der Waals surface area contributed by atoms with Crippen molar-refractivity contribution in [2.24, 2.45) is 0 Å². The van der Waals surface area contributed by atoms with Crippen LogP contribution in [0.2, 0.25) is 0 Å². The van der Waals surface area contributed by atoms with Gasteiger partial charge in [0.05, 0.1) is 12.1 Å². The van der Waals surface area contributed by atoms with E-state index in [4.69, 9.17) is 4.74 Å². The van der Waals surface area contributed by atoms with Gasteiger partial charge in [0, 0.05) is 23.8 Å². The molecular weight excluding hydrogens is 340 g/mol. The van der Waals surface area contributed by atoms with E-state index in [9.17, 15) is 9.59 Å². The minimum Gasteiger partial charge on any atom is -0.449 e. The van der Waals surface area contributed by atoms with Gasteiger partial charge in [0.1, 0.15) is 6.54 Å². The fourth-order valence-corrected chi connectivity index (χ4v) is 4.41. The summed E-state index contributed by atoms with van der Waals surface area (Å²) >= 11 is 0. The average molecular weight is 360 g/mol. The quantitative estimate of drug-likeness (QED) is 0.659. The van der Waals surface area contributed by atoms with E-state index in [0.29, 0.717) is 25.2 Å². The Morgan fingerprint density at radius 2 is 1.89 bits per heavy atom. The molecule has 1 spiro atoms. The maximum atomic E-state index is 13.0. The Labute approximate surface area is 157 Å². The first-order valence-corrected chi connectivity index (χ1v) is 9.31. The number of hydrogen-bond donors (Lipinski definition) is 0. The summed E-state index contributed by atoms with van der Waals surface area (Å²) in [6.45, 7) is 1.41. The van der Waals surface area contributed by atoms with Crippen LogP contribution in [0.4, 0.5) is 0 Å². The van der Waals surface area contributed by atoms with Gasteiger partial charge in [-0.3, -0.25) is 4.79 Å². The molecule has 0 aliphatic carbocycles. The molecule has 0 radical (unpaired) electrons. The maximum Gasteiger partial charge on any atom is 0.339 e. The molecule has 5 rings (SSSR count). The van der Waals surface area contributed by atoms with Crippen molar-refractivity contribution in [2.75, 3.05) is 13.1 Å². The number of fused-ring (bicyclic) bond motifs is 3. The summed E-state index contributed by atoms with van der Waals surface area (Å²) < 4.78 is 7.79. The molecule has 0 bridgehead atoms. The third kappa shape index (κ3) is 2.53. The van der Waals surface area contributed by atoms with E-state index in [1.54, 1.807) is 6.07 Å². The minimum atomic E-state index is -0.694. The van der Waals surface area contributed by atoms with E-state index in [-0.39, 0.29) is 11.9 Å². The summed E-state index contributed by atoms with van der Waals surface area (Å²) in [6.07, 6.45) is 3.53. The van der Waals surface area contributed by atoms with E-state index in [1.807, 2.05) is 64.2 Å². The zero-order valence-electron chi connectivity index (χ0n) is 14.9. The molecule has 136 valence electrons. The lowest BCUT2D eigenvalue weighted by atomic mass is 9.85. The number of rotatable bonds is 2. The van der Waals surface area contributed by atoms with Crippen molar-refractivity contribution in [2.45, 2.75) is 25.0 Å². The summed E-state index contributed by atoms with van der Waals surface area (Å²) in [5, 5.41) is 1.12. The van der Waals surface area contributed by atoms with Crippen LogP contribution in [0.1, 0.15) is 28.8 Å². The van der Waals surface area contributed by atoms with Crippen molar-refractivity contribution in [1.82, 2.24) is 9.47 Å². The molecule has 3 aromatic rings. The summed E-state index contributed by atoms with van der Waals surface area (Å²) in [5.74, 6) is -0.229. The number of likely N-dealkylation sites (tertiary alicyclic amines) is 1. The van der Waals surface area contributed by atoms with Crippen LogP contribution in [0.3, 0.4) is 0 Å². The second-order valence-corrected chi connectivity index (χ2v) is 7.35. The zero-order valence-corrected chi connectivity index (χ0v) is 14.9. The standard InChI is InChI=1S/C22H20N2O3/c25-20(14-23-13-10-16-6-1-4-9-19(16)23)24-12-5-11-22(15-24)18-8-3-2-7-17(18)21(26)27-22/h1-4,6-10,13H,5,11-12,14-15H2/t22-/m1/s1. The molecule has 1 atom stereocenters. The number of hydrogen-bond acceptors (Lipinski definition) is 3. The van der Waals surface area contributed by atoms with Crippen molar-refractivity contribution < 1.29 is 14.3 Å². The van der Waals surface area contributed by atoms with Crippen LogP contribution in [0.15, 0.2) is 60.8 Å². The van der Waals surface area contributed by atoms with Gasteiger partial charge in [0.25, 0.3) is 0 Å². The molecule has 2 aromatic carbocycles. The van der Waals surface area contributed by atoms with Crippen molar-refractivity contribution >= 4 is 22.8 Å². The van der Waals surface area contributed by atoms with Gasteiger partial charge in [-0.1, -0.05) is 36.4 Å². The van der Waals surface area contributed by atoms with Crippen LogP contribution >= 0.6 is 0 Å². The highest BCUT2D eigenvalue weighted by atomic mass is 16.6. The molecule has 1 fully saturated rings. The van der Waals surface area contributed by atoms with Gasteiger partial charge < -0.3 is 14.2 Å². The molecule has 5 nitrogen and oxygen atoms in total.